The Morgan fingerprint density at radius 1 is 1.42 bits per heavy atom. The van der Waals surface area contributed by atoms with Crippen LogP contribution in [0.4, 0.5) is 4.39 Å². The van der Waals surface area contributed by atoms with Crippen molar-refractivity contribution in [1.29, 1.82) is 0 Å². The first-order chi connectivity index (χ1) is 9.16. The van der Waals surface area contributed by atoms with Crippen LogP contribution >= 0.6 is 0 Å². The zero-order chi connectivity index (χ0) is 13.4. The molecular weight excluding hydrogens is 247 g/mol. The van der Waals surface area contributed by atoms with E-state index in [-0.39, 0.29) is 19.1 Å². The Balaban J connectivity index is 1.89. The van der Waals surface area contributed by atoms with Crippen LogP contribution in [0.15, 0.2) is 30.5 Å². The molecule has 0 saturated carbocycles. The molecule has 1 aliphatic heterocycles. The molecule has 0 radical (unpaired) electrons. The zero-order valence-electron chi connectivity index (χ0n) is 10.6. The molecule has 1 saturated heterocycles. The van der Waals surface area contributed by atoms with Gasteiger partial charge in [-0.15, -0.1) is 0 Å². The van der Waals surface area contributed by atoms with E-state index in [1.165, 1.54) is 0 Å². The average Bonchev–Trinajstić information content (AvgIpc) is 2.95. The monoisotopic (exact) mass is 262 g/mol. The minimum Gasteiger partial charge on any atom is -0.376 e. The number of halogens is 1. The summed E-state index contributed by atoms with van der Waals surface area (Å²) in [7, 11) is 1.88. The van der Waals surface area contributed by atoms with Crippen LogP contribution in [-0.4, -0.2) is 35.9 Å². The van der Waals surface area contributed by atoms with Gasteiger partial charge < -0.3 is 14.6 Å². The molecule has 19 heavy (non-hydrogen) atoms. The van der Waals surface area contributed by atoms with E-state index in [4.69, 9.17) is 4.74 Å². The number of nitrogens with zero attached hydrogens (tertiary/aromatic N) is 1. The van der Waals surface area contributed by atoms with Crippen molar-refractivity contribution in [2.24, 2.45) is 7.05 Å². The normalized spacial score (nSPS) is 22.8. The lowest BCUT2D eigenvalue weighted by atomic mass is 10.1. The number of nitrogens with one attached hydrogen (secondary N) is 1. The number of aromatic nitrogens is 1. The average molecular weight is 262 g/mol. The highest BCUT2D eigenvalue weighted by Crippen LogP contribution is 2.20. The first-order valence-corrected chi connectivity index (χ1v) is 6.23. The lowest BCUT2D eigenvalue weighted by molar-refractivity contribution is 0.0922. The summed E-state index contributed by atoms with van der Waals surface area (Å²) in [5, 5.41) is 3.57. The van der Waals surface area contributed by atoms with E-state index in [9.17, 15) is 9.18 Å². The number of alkyl halides is 1. The second-order valence-corrected chi connectivity index (χ2v) is 4.80. The van der Waals surface area contributed by atoms with Crippen molar-refractivity contribution < 1.29 is 13.9 Å². The van der Waals surface area contributed by atoms with Gasteiger partial charge in [0.1, 0.15) is 6.17 Å². The molecule has 100 valence electrons. The maximum atomic E-state index is 13.4. The smallest absolute Gasteiger partial charge is 0.253 e. The quantitative estimate of drug-likeness (QED) is 0.894. The molecule has 1 aromatic heterocycles. The van der Waals surface area contributed by atoms with E-state index in [0.29, 0.717) is 5.56 Å². The number of amides is 1. The van der Waals surface area contributed by atoms with Gasteiger partial charge in [0, 0.05) is 24.1 Å². The molecule has 2 heterocycles. The number of ether oxygens (including phenoxy) is 1. The van der Waals surface area contributed by atoms with E-state index in [1.807, 2.05) is 35.9 Å². The molecule has 3 rings (SSSR count). The van der Waals surface area contributed by atoms with Crippen molar-refractivity contribution in [3.05, 3.63) is 36.0 Å². The number of carbonyl (C=O) groups excluding carboxylic acids is 1. The molecule has 1 N–H and O–H groups in total. The molecule has 0 bridgehead atoms. The maximum Gasteiger partial charge on any atom is 0.253 e. The van der Waals surface area contributed by atoms with Gasteiger partial charge >= 0.3 is 0 Å². The minimum atomic E-state index is -1.13. The van der Waals surface area contributed by atoms with E-state index < -0.39 is 12.2 Å². The third kappa shape index (κ3) is 2.10. The number of fused-ring (bicyclic) bond motifs is 1. The van der Waals surface area contributed by atoms with Crippen LogP contribution in [-0.2, 0) is 11.8 Å². The summed E-state index contributed by atoms with van der Waals surface area (Å²) >= 11 is 0. The molecule has 5 heteroatoms. The lowest BCUT2D eigenvalue weighted by Crippen LogP contribution is -2.40. The van der Waals surface area contributed by atoms with Crippen LogP contribution in [0.5, 0.6) is 0 Å². The first-order valence-electron chi connectivity index (χ1n) is 6.23. The lowest BCUT2D eigenvalue weighted by Gasteiger charge is -2.12. The summed E-state index contributed by atoms with van der Waals surface area (Å²) in [6, 6.07) is 7.10. The molecule has 1 aromatic carbocycles. The van der Waals surface area contributed by atoms with E-state index in [2.05, 4.69) is 5.32 Å². The van der Waals surface area contributed by atoms with Gasteiger partial charge in [-0.2, -0.15) is 0 Å². The number of benzene rings is 1. The number of hydrogen-bond donors (Lipinski definition) is 1. The van der Waals surface area contributed by atoms with Gasteiger partial charge in [-0.3, -0.25) is 4.79 Å². The highest BCUT2D eigenvalue weighted by atomic mass is 19.1. The maximum absolute atomic E-state index is 13.4. The molecule has 0 unspecified atom stereocenters. The molecule has 1 fully saturated rings. The first kappa shape index (κ1) is 12.2. The van der Waals surface area contributed by atoms with Gasteiger partial charge in [-0.1, -0.05) is 18.2 Å². The fourth-order valence-corrected chi connectivity index (χ4v) is 2.43. The van der Waals surface area contributed by atoms with Crippen molar-refractivity contribution in [3.8, 4) is 0 Å². The SMILES string of the molecule is Cn1cc(C(=O)N[C@@H]2COC[C@H]2F)c2ccccc21. The molecular formula is C14H15FN2O2. The Morgan fingerprint density at radius 2 is 2.21 bits per heavy atom. The molecule has 0 aliphatic carbocycles. The van der Waals surface area contributed by atoms with Crippen molar-refractivity contribution in [2.45, 2.75) is 12.2 Å². The molecule has 1 amide bonds. The van der Waals surface area contributed by atoms with Crippen LogP contribution < -0.4 is 5.32 Å². The third-order valence-corrected chi connectivity index (χ3v) is 3.47. The fourth-order valence-electron chi connectivity index (χ4n) is 2.43. The van der Waals surface area contributed by atoms with Crippen molar-refractivity contribution in [2.75, 3.05) is 13.2 Å². The predicted octanol–water partition coefficient (Wildman–Crippen LogP) is 1.64. The molecule has 1 aliphatic rings. The number of rotatable bonds is 2. The van der Waals surface area contributed by atoms with E-state index in [0.717, 1.165) is 10.9 Å². The van der Waals surface area contributed by atoms with Crippen molar-refractivity contribution >= 4 is 16.8 Å². The van der Waals surface area contributed by atoms with Gasteiger partial charge in [0.05, 0.1) is 24.8 Å². The Hall–Kier alpha value is -1.88. The molecule has 4 nitrogen and oxygen atoms in total. The van der Waals surface area contributed by atoms with Crippen molar-refractivity contribution in [1.82, 2.24) is 9.88 Å². The van der Waals surface area contributed by atoms with Crippen LogP contribution in [0, 0.1) is 0 Å². The van der Waals surface area contributed by atoms with Gasteiger partial charge in [-0.25, -0.2) is 4.39 Å². The summed E-state index contributed by atoms with van der Waals surface area (Å²) in [6.07, 6.45) is 0.641. The number of para-hydroxylation sites is 1. The molecule has 2 aromatic rings. The summed E-state index contributed by atoms with van der Waals surface area (Å²) in [5.74, 6) is -0.255. The molecule has 0 spiro atoms. The standard InChI is InChI=1S/C14H15FN2O2/c1-17-6-10(9-4-2-3-5-13(9)17)14(18)16-12-8-19-7-11(12)15/h2-6,11-12H,7-8H2,1H3,(H,16,18)/t11-,12-/m1/s1. The Kier molecular flexibility index (Phi) is 2.98. The van der Waals surface area contributed by atoms with Crippen LogP contribution in [0.25, 0.3) is 10.9 Å². The van der Waals surface area contributed by atoms with Gasteiger partial charge in [-0.05, 0) is 6.07 Å². The summed E-state index contributed by atoms with van der Waals surface area (Å²) in [6.45, 7) is 0.290. The summed E-state index contributed by atoms with van der Waals surface area (Å²) in [5.41, 5.74) is 1.55. The van der Waals surface area contributed by atoms with Gasteiger partial charge in [0.15, 0.2) is 0 Å². The van der Waals surface area contributed by atoms with Crippen LogP contribution in [0.3, 0.4) is 0 Å². The summed E-state index contributed by atoms with van der Waals surface area (Å²) < 4.78 is 20.3. The second kappa shape index (κ2) is 4.66. The predicted molar refractivity (Wildman–Crippen MR) is 69.9 cm³/mol. The Bertz CT molecular complexity index is 623. The highest BCUT2D eigenvalue weighted by Gasteiger charge is 2.30. The van der Waals surface area contributed by atoms with E-state index in [1.54, 1.807) is 6.20 Å². The fraction of sp³-hybridized carbons (Fsp3) is 0.357. The number of aryl methyl sites for hydroxylation is 1. The Labute approximate surface area is 110 Å². The molecule has 2 atom stereocenters. The largest absolute Gasteiger partial charge is 0.376 e. The van der Waals surface area contributed by atoms with Gasteiger partial charge in [0.2, 0.25) is 0 Å². The Morgan fingerprint density at radius 3 is 2.95 bits per heavy atom. The van der Waals surface area contributed by atoms with Crippen molar-refractivity contribution in [3.63, 3.8) is 0 Å². The highest BCUT2D eigenvalue weighted by molar-refractivity contribution is 6.07. The number of hydrogen-bond acceptors (Lipinski definition) is 2. The zero-order valence-corrected chi connectivity index (χ0v) is 10.6. The van der Waals surface area contributed by atoms with Crippen LogP contribution in [0.2, 0.25) is 0 Å². The van der Waals surface area contributed by atoms with E-state index >= 15 is 0 Å². The summed E-state index contributed by atoms with van der Waals surface area (Å²) in [4.78, 5) is 12.2. The second-order valence-electron chi connectivity index (χ2n) is 4.80. The minimum absolute atomic E-state index is 0.0560. The van der Waals surface area contributed by atoms with Gasteiger partial charge in [0.25, 0.3) is 5.91 Å². The third-order valence-electron chi connectivity index (χ3n) is 3.47. The topological polar surface area (TPSA) is 43.3 Å². The van der Waals surface area contributed by atoms with Crippen LogP contribution in [0.1, 0.15) is 10.4 Å². The number of carbonyl (C=O) groups is 1.